The van der Waals surface area contributed by atoms with E-state index in [0.717, 1.165) is 12.2 Å². The van der Waals surface area contributed by atoms with E-state index in [1.807, 2.05) is 18.2 Å². The van der Waals surface area contributed by atoms with Crippen LogP contribution in [0, 0.1) is 0 Å². The summed E-state index contributed by atoms with van der Waals surface area (Å²) in [6.45, 7) is 5.71. The Kier molecular flexibility index (Phi) is 6.25. The molecule has 0 aliphatic heterocycles. The van der Waals surface area contributed by atoms with Crippen LogP contribution < -0.4 is 10.6 Å². The average molecular weight is 235 g/mol. The number of aryl methyl sites for hydroxylation is 1. The van der Waals surface area contributed by atoms with E-state index < -0.39 is 0 Å². The highest BCUT2D eigenvalue weighted by molar-refractivity contribution is 5.76. The number of carbonyl (C=O) groups excluding carboxylic acids is 1. The second-order valence-corrected chi connectivity index (χ2v) is 4.08. The van der Waals surface area contributed by atoms with Crippen LogP contribution in [0.2, 0.25) is 0 Å². The van der Waals surface area contributed by atoms with Crippen molar-refractivity contribution >= 4 is 5.91 Å². The van der Waals surface area contributed by atoms with Crippen molar-refractivity contribution in [1.29, 1.82) is 0 Å². The van der Waals surface area contributed by atoms with Crippen LogP contribution in [0.1, 0.15) is 26.0 Å². The van der Waals surface area contributed by atoms with Crippen molar-refractivity contribution in [3.05, 3.63) is 30.1 Å². The van der Waals surface area contributed by atoms with Gasteiger partial charge in [0, 0.05) is 30.9 Å². The van der Waals surface area contributed by atoms with E-state index in [9.17, 15) is 4.79 Å². The van der Waals surface area contributed by atoms with Crippen LogP contribution in [0.15, 0.2) is 24.4 Å². The highest BCUT2D eigenvalue weighted by atomic mass is 16.1. The Hall–Kier alpha value is -1.42. The summed E-state index contributed by atoms with van der Waals surface area (Å²) in [5, 5.41) is 6.16. The van der Waals surface area contributed by atoms with Gasteiger partial charge in [0.2, 0.25) is 5.91 Å². The van der Waals surface area contributed by atoms with Crippen molar-refractivity contribution in [2.45, 2.75) is 32.7 Å². The second-order valence-electron chi connectivity index (χ2n) is 4.08. The highest BCUT2D eigenvalue weighted by Gasteiger charge is 2.04. The molecule has 0 radical (unpaired) electrons. The lowest BCUT2D eigenvalue weighted by Crippen LogP contribution is -2.38. The Morgan fingerprint density at radius 1 is 1.47 bits per heavy atom. The smallest absolute Gasteiger partial charge is 0.220 e. The molecule has 0 unspecified atom stereocenters. The van der Waals surface area contributed by atoms with Crippen molar-refractivity contribution in [1.82, 2.24) is 15.6 Å². The molecule has 1 atom stereocenters. The van der Waals surface area contributed by atoms with Crippen LogP contribution in [0.4, 0.5) is 0 Å². The third-order valence-corrected chi connectivity index (χ3v) is 2.49. The first-order valence-electron chi connectivity index (χ1n) is 6.12. The summed E-state index contributed by atoms with van der Waals surface area (Å²) in [6, 6.07) is 6.07. The van der Waals surface area contributed by atoms with Gasteiger partial charge in [0.05, 0.1) is 0 Å². The third kappa shape index (κ3) is 6.02. The van der Waals surface area contributed by atoms with E-state index in [1.54, 1.807) is 6.20 Å². The molecule has 0 spiro atoms. The molecule has 0 aliphatic rings. The molecule has 4 nitrogen and oxygen atoms in total. The Balaban J connectivity index is 2.17. The molecule has 1 aromatic heterocycles. The van der Waals surface area contributed by atoms with Crippen LogP contribution in [0.3, 0.4) is 0 Å². The number of hydrogen-bond acceptors (Lipinski definition) is 3. The predicted molar refractivity (Wildman–Crippen MR) is 68.7 cm³/mol. The van der Waals surface area contributed by atoms with Crippen molar-refractivity contribution in [3.63, 3.8) is 0 Å². The summed E-state index contributed by atoms with van der Waals surface area (Å²) in [7, 11) is 0. The molecule has 1 rings (SSSR count). The van der Waals surface area contributed by atoms with Gasteiger partial charge in [-0.15, -0.1) is 0 Å². The zero-order valence-electron chi connectivity index (χ0n) is 10.6. The molecule has 0 fully saturated rings. The minimum Gasteiger partial charge on any atom is -0.355 e. The number of hydrogen-bond donors (Lipinski definition) is 2. The molecule has 0 saturated carbocycles. The molecule has 1 aromatic rings. The third-order valence-electron chi connectivity index (χ3n) is 2.49. The number of nitrogens with one attached hydrogen (secondary N) is 2. The van der Waals surface area contributed by atoms with Crippen molar-refractivity contribution in [3.8, 4) is 0 Å². The van der Waals surface area contributed by atoms with Gasteiger partial charge in [0.15, 0.2) is 0 Å². The summed E-state index contributed by atoms with van der Waals surface area (Å²) >= 11 is 0. The normalized spacial score (nSPS) is 12.1. The quantitative estimate of drug-likeness (QED) is 0.745. The molecule has 1 amide bonds. The first kappa shape index (κ1) is 13.6. The maximum atomic E-state index is 11.6. The number of pyridine rings is 1. The lowest BCUT2D eigenvalue weighted by Gasteiger charge is -2.13. The molecule has 1 heterocycles. The van der Waals surface area contributed by atoms with Gasteiger partial charge >= 0.3 is 0 Å². The fraction of sp³-hybridized carbons (Fsp3) is 0.538. The molecule has 94 valence electrons. The van der Waals surface area contributed by atoms with Crippen LogP contribution in [0.5, 0.6) is 0 Å². The number of nitrogens with zero attached hydrogens (tertiary/aromatic N) is 1. The molecule has 2 N–H and O–H groups in total. The topological polar surface area (TPSA) is 54.0 Å². The fourth-order valence-corrected chi connectivity index (χ4v) is 1.56. The van der Waals surface area contributed by atoms with Gasteiger partial charge in [0.1, 0.15) is 0 Å². The average Bonchev–Trinajstić information content (AvgIpc) is 2.35. The van der Waals surface area contributed by atoms with E-state index in [1.165, 1.54) is 0 Å². The van der Waals surface area contributed by atoms with Gasteiger partial charge in [0.25, 0.3) is 0 Å². The molecule has 0 bridgehead atoms. The predicted octanol–water partition coefficient (Wildman–Crippen LogP) is 1.13. The van der Waals surface area contributed by atoms with Crippen molar-refractivity contribution in [2.24, 2.45) is 0 Å². The van der Waals surface area contributed by atoms with E-state index in [2.05, 4.69) is 29.5 Å². The van der Waals surface area contributed by atoms with Crippen molar-refractivity contribution in [2.75, 3.05) is 13.1 Å². The van der Waals surface area contributed by atoms with E-state index in [4.69, 9.17) is 0 Å². The highest BCUT2D eigenvalue weighted by Crippen LogP contribution is 1.97. The summed E-state index contributed by atoms with van der Waals surface area (Å²) in [4.78, 5) is 15.7. The number of amides is 1. The van der Waals surface area contributed by atoms with Gasteiger partial charge < -0.3 is 10.6 Å². The van der Waals surface area contributed by atoms with Gasteiger partial charge in [-0.2, -0.15) is 0 Å². The monoisotopic (exact) mass is 235 g/mol. The number of aromatic nitrogens is 1. The second kappa shape index (κ2) is 7.79. The summed E-state index contributed by atoms with van der Waals surface area (Å²) in [6.07, 6.45) is 2.94. The zero-order chi connectivity index (χ0) is 12.5. The maximum absolute atomic E-state index is 11.6. The standard InChI is InChI=1S/C13H21N3O/c1-3-14-11(2)10-16-13(17)8-7-12-6-4-5-9-15-12/h4-6,9,11,14H,3,7-8,10H2,1-2H3,(H,16,17)/t11-/m1/s1. The van der Waals surface area contributed by atoms with Gasteiger partial charge in [-0.1, -0.05) is 13.0 Å². The van der Waals surface area contributed by atoms with Crippen LogP contribution in [-0.2, 0) is 11.2 Å². The van der Waals surface area contributed by atoms with E-state index in [-0.39, 0.29) is 5.91 Å². The Labute approximate surface area is 103 Å². The largest absolute Gasteiger partial charge is 0.355 e. The summed E-state index contributed by atoms with van der Waals surface area (Å²) in [5.41, 5.74) is 0.961. The Morgan fingerprint density at radius 2 is 2.29 bits per heavy atom. The van der Waals surface area contributed by atoms with E-state index >= 15 is 0 Å². The molecule has 0 aromatic carbocycles. The summed E-state index contributed by atoms with van der Waals surface area (Å²) < 4.78 is 0. The number of rotatable bonds is 7. The minimum absolute atomic E-state index is 0.0837. The van der Waals surface area contributed by atoms with E-state index in [0.29, 0.717) is 25.4 Å². The zero-order valence-corrected chi connectivity index (χ0v) is 10.6. The molecular weight excluding hydrogens is 214 g/mol. The molecule has 4 heteroatoms. The lowest BCUT2D eigenvalue weighted by molar-refractivity contribution is -0.121. The maximum Gasteiger partial charge on any atom is 0.220 e. The minimum atomic E-state index is 0.0837. The Bertz CT molecular complexity index is 327. The lowest BCUT2D eigenvalue weighted by atomic mass is 10.2. The van der Waals surface area contributed by atoms with Gasteiger partial charge in [-0.05, 0) is 32.0 Å². The molecular formula is C13H21N3O. The van der Waals surface area contributed by atoms with Crippen LogP contribution in [-0.4, -0.2) is 30.0 Å². The molecule has 0 aliphatic carbocycles. The van der Waals surface area contributed by atoms with Crippen molar-refractivity contribution < 1.29 is 4.79 Å². The first-order valence-corrected chi connectivity index (χ1v) is 6.12. The SMILES string of the molecule is CCN[C@H](C)CNC(=O)CCc1ccccn1. The Morgan fingerprint density at radius 3 is 2.94 bits per heavy atom. The fourth-order valence-electron chi connectivity index (χ4n) is 1.56. The molecule has 0 saturated heterocycles. The molecule has 17 heavy (non-hydrogen) atoms. The van der Waals surface area contributed by atoms with Crippen LogP contribution >= 0.6 is 0 Å². The van der Waals surface area contributed by atoms with Crippen LogP contribution in [0.25, 0.3) is 0 Å². The first-order chi connectivity index (χ1) is 8.22. The van der Waals surface area contributed by atoms with Gasteiger partial charge in [-0.3, -0.25) is 9.78 Å². The van der Waals surface area contributed by atoms with Gasteiger partial charge in [-0.25, -0.2) is 0 Å². The summed E-state index contributed by atoms with van der Waals surface area (Å²) in [5.74, 6) is 0.0837. The number of likely N-dealkylation sites (N-methyl/N-ethyl adjacent to an activating group) is 1. The number of carbonyl (C=O) groups is 1.